The maximum Gasteiger partial charge on any atom is 0.227 e. The molecule has 35 heavy (non-hydrogen) atoms. The molecule has 1 fully saturated rings. The van der Waals surface area contributed by atoms with Gasteiger partial charge in [-0.2, -0.15) is 0 Å². The highest BCUT2D eigenvalue weighted by Gasteiger charge is 2.32. The molecule has 2 aromatic carbocycles. The number of nitrogens with zero attached hydrogens (tertiary/aromatic N) is 3. The topological polar surface area (TPSA) is 45.3 Å². The van der Waals surface area contributed by atoms with E-state index in [1.54, 1.807) is 0 Å². The number of hydrogen-bond donors (Lipinski definition) is 0. The summed E-state index contributed by atoms with van der Waals surface area (Å²) < 4.78 is 11.6. The van der Waals surface area contributed by atoms with Crippen LogP contribution in [0.2, 0.25) is 5.02 Å². The largest absolute Gasteiger partial charge is 0.489 e. The SMILES string of the molecule is CC(C)CN(Cc1cc(Cl)c2c(c1)OCCCO2)C(=O)[C@@H]1CCN(Cc2cccc(N(C)C)c2)C1. The normalized spacial score (nSPS) is 17.9. The molecular weight excluding hydrogens is 462 g/mol. The van der Waals surface area contributed by atoms with Crippen molar-refractivity contribution in [1.29, 1.82) is 0 Å². The van der Waals surface area contributed by atoms with Crippen LogP contribution in [0.4, 0.5) is 5.69 Å². The molecule has 7 heteroatoms. The van der Waals surface area contributed by atoms with Crippen molar-refractivity contribution < 1.29 is 14.3 Å². The van der Waals surface area contributed by atoms with Gasteiger partial charge >= 0.3 is 0 Å². The summed E-state index contributed by atoms with van der Waals surface area (Å²) in [5, 5.41) is 0.545. The lowest BCUT2D eigenvalue weighted by molar-refractivity contribution is -0.136. The van der Waals surface area contributed by atoms with Crippen LogP contribution in [0, 0.1) is 11.8 Å². The van der Waals surface area contributed by atoms with Crippen LogP contribution in [-0.4, -0.2) is 62.7 Å². The number of anilines is 1. The van der Waals surface area contributed by atoms with Crippen molar-refractivity contribution >= 4 is 23.2 Å². The Morgan fingerprint density at radius 3 is 2.71 bits per heavy atom. The van der Waals surface area contributed by atoms with Crippen LogP contribution in [0.5, 0.6) is 11.5 Å². The highest BCUT2D eigenvalue weighted by atomic mass is 35.5. The van der Waals surface area contributed by atoms with Gasteiger partial charge in [-0.1, -0.05) is 37.6 Å². The number of likely N-dealkylation sites (tertiary alicyclic amines) is 1. The number of carbonyl (C=O) groups is 1. The summed E-state index contributed by atoms with van der Waals surface area (Å²) in [6.07, 6.45) is 1.72. The van der Waals surface area contributed by atoms with Gasteiger partial charge in [0, 0.05) is 52.4 Å². The third-order valence-corrected chi connectivity index (χ3v) is 6.87. The van der Waals surface area contributed by atoms with E-state index in [2.05, 4.69) is 62.0 Å². The molecule has 2 aromatic rings. The molecule has 6 nitrogen and oxygen atoms in total. The molecule has 0 aliphatic carbocycles. The zero-order valence-electron chi connectivity index (χ0n) is 21.4. The number of hydrogen-bond acceptors (Lipinski definition) is 5. The number of ether oxygens (including phenoxy) is 2. The second kappa shape index (κ2) is 11.5. The van der Waals surface area contributed by atoms with Gasteiger partial charge < -0.3 is 19.3 Å². The molecule has 0 spiro atoms. The summed E-state index contributed by atoms with van der Waals surface area (Å²) >= 11 is 6.52. The third-order valence-electron chi connectivity index (χ3n) is 6.59. The maximum absolute atomic E-state index is 13.7. The van der Waals surface area contributed by atoms with Crippen LogP contribution in [0.1, 0.15) is 37.8 Å². The minimum absolute atomic E-state index is 0.0154. The fraction of sp³-hybridized carbons (Fsp3) is 0.536. The zero-order chi connectivity index (χ0) is 24.9. The fourth-order valence-electron chi connectivity index (χ4n) is 4.90. The van der Waals surface area contributed by atoms with Crippen LogP contribution < -0.4 is 14.4 Å². The van der Waals surface area contributed by atoms with Gasteiger partial charge in [-0.3, -0.25) is 9.69 Å². The first-order valence-electron chi connectivity index (χ1n) is 12.7. The molecule has 2 aliphatic rings. The van der Waals surface area contributed by atoms with Crippen LogP contribution in [0.3, 0.4) is 0 Å². The molecule has 1 saturated heterocycles. The van der Waals surface area contributed by atoms with Crippen molar-refractivity contribution in [2.24, 2.45) is 11.8 Å². The van der Waals surface area contributed by atoms with Gasteiger partial charge in [0.25, 0.3) is 0 Å². The number of benzene rings is 2. The van der Waals surface area contributed by atoms with Crippen LogP contribution in [0.15, 0.2) is 36.4 Å². The molecule has 190 valence electrons. The molecule has 2 aliphatic heterocycles. The van der Waals surface area contributed by atoms with Crippen LogP contribution >= 0.6 is 11.6 Å². The Kier molecular flexibility index (Phi) is 8.45. The number of carbonyl (C=O) groups excluding carboxylic acids is 1. The van der Waals surface area contributed by atoms with Crippen LogP contribution in [0.25, 0.3) is 0 Å². The maximum atomic E-state index is 13.7. The second-order valence-electron chi connectivity index (χ2n) is 10.4. The molecule has 0 radical (unpaired) electrons. The average Bonchev–Trinajstić information content (AvgIpc) is 3.14. The van der Waals surface area contributed by atoms with E-state index in [0.29, 0.717) is 48.7 Å². The first-order valence-corrected chi connectivity index (χ1v) is 13.0. The van der Waals surface area contributed by atoms with E-state index in [9.17, 15) is 4.79 Å². The molecule has 1 atom stereocenters. The zero-order valence-corrected chi connectivity index (χ0v) is 22.2. The van der Waals surface area contributed by atoms with E-state index >= 15 is 0 Å². The monoisotopic (exact) mass is 499 g/mol. The van der Waals surface area contributed by atoms with Crippen molar-refractivity contribution in [3.63, 3.8) is 0 Å². The molecule has 1 amide bonds. The standard InChI is InChI=1S/C28H38ClN3O3/c1-20(2)16-32(18-22-14-25(29)27-26(15-22)34-11-6-12-35-27)28(33)23-9-10-31(19-23)17-21-7-5-8-24(13-21)30(3)4/h5,7-8,13-15,20,23H,6,9-12,16-19H2,1-4H3/t23-/m1/s1. The van der Waals surface area contributed by atoms with Crippen molar-refractivity contribution in [3.8, 4) is 11.5 Å². The van der Waals surface area contributed by atoms with Crippen molar-refractivity contribution in [3.05, 3.63) is 52.5 Å². The molecule has 0 unspecified atom stereocenters. The minimum Gasteiger partial charge on any atom is -0.489 e. The Labute approximate surface area is 214 Å². The van der Waals surface area contributed by atoms with E-state index in [-0.39, 0.29) is 11.8 Å². The van der Waals surface area contributed by atoms with Gasteiger partial charge in [0.15, 0.2) is 11.5 Å². The Bertz CT molecular complexity index is 1030. The molecule has 0 saturated carbocycles. The van der Waals surface area contributed by atoms with Crippen molar-refractivity contribution in [2.75, 3.05) is 51.8 Å². The first kappa shape index (κ1) is 25.6. The summed E-state index contributed by atoms with van der Waals surface area (Å²) in [7, 11) is 4.12. The van der Waals surface area contributed by atoms with Crippen molar-refractivity contribution in [1.82, 2.24) is 9.80 Å². The van der Waals surface area contributed by atoms with Gasteiger partial charge in [0.05, 0.1) is 24.2 Å². The van der Waals surface area contributed by atoms with Crippen LogP contribution in [-0.2, 0) is 17.9 Å². The van der Waals surface area contributed by atoms with Crippen molar-refractivity contribution in [2.45, 2.75) is 39.8 Å². The average molecular weight is 500 g/mol. The lowest BCUT2D eigenvalue weighted by atomic mass is 10.0. The number of fused-ring (bicyclic) bond motifs is 1. The van der Waals surface area contributed by atoms with E-state index in [1.165, 1.54) is 11.3 Å². The Hall–Kier alpha value is -2.44. The van der Waals surface area contributed by atoms with Gasteiger partial charge in [-0.25, -0.2) is 0 Å². The quantitative estimate of drug-likeness (QED) is 0.507. The predicted molar refractivity (Wildman–Crippen MR) is 141 cm³/mol. The summed E-state index contributed by atoms with van der Waals surface area (Å²) in [6.45, 7) is 9.35. The molecule has 2 heterocycles. The van der Waals surface area contributed by atoms with Gasteiger partial charge in [-0.15, -0.1) is 0 Å². The lowest BCUT2D eigenvalue weighted by Crippen LogP contribution is -2.39. The van der Waals surface area contributed by atoms with Gasteiger partial charge in [0.1, 0.15) is 0 Å². The van der Waals surface area contributed by atoms with E-state index in [4.69, 9.17) is 21.1 Å². The number of halogens is 1. The number of amides is 1. The highest BCUT2D eigenvalue weighted by Crippen LogP contribution is 2.38. The summed E-state index contributed by atoms with van der Waals surface area (Å²) in [6, 6.07) is 12.5. The highest BCUT2D eigenvalue weighted by molar-refractivity contribution is 6.32. The van der Waals surface area contributed by atoms with E-state index < -0.39 is 0 Å². The summed E-state index contributed by atoms with van der Waals surface area (Å²) in [5.74, 6) is 1.91. The Balaban J connectivity index is 1.43. The lowest BCUT2D eigenvalue weighted by Gasteiger charge is -2.28. The third kappa shape index (κ3) is 6.62. The van der Waals surface area contributed by atoms with Gasteiger partial charge in [0.2, 0.25) is 5.91 Å². The Morgan fingerprint density at radius 1 is 1.14 bits per heavy atom. The van der Waals surface area contributed by atoms with E-state index in [1.807, 2.05) is 17.0 Å². The van der Waals surface area contributed by atoms with Gasteiger partial charge in [-0.05, 0) is 54.3 Å². The smallest absolute Gasteiger partial charge is 0.227 e. The molecule has 0 aromatic heterocycles. The molecule has 0 bridgehead atoms. The molecule has 0 N–H and O–H groups in total. The molecule has 4 rings (SSSR count). The fourth-order valence-corrected chi connectivity index (χ4v) is 5.18. The summed E-state index contributed by atoms with van der Waals surface area (Å²) in [5.41, 5.74) is 3.46. The number of rotatable bonds is 8. The molecular formula is C28H38ClN3O3. The minimum atomic E-state index is 0.0154. The predicted octanol–water partition coefficient (Wildman–Crippen LogP) is 5.07. The summed E-state index contributed by atoms with van der Waals surface area (Å²) in [4.78, 5) is 20.2. The van der Waals surface area contributed by atoms with E-state index in [0.717, 1.165) is 38.0 Å². The second-order valence-corrected chi connectivity index (χ2v) is 10.8. The first-order chi connectivity index (χ1) is 16.8. The Morgan fingerprint density at radius 2 is 1.94 bits per heavy atom.